The van der Waals surface area contributed by atoms with E-state index in [-0.39, 0.29) is 0 Å². The number of anilines is 1. The van der Waals surface area contributed by atoms with Crippen molar-refractivity contribution in [3.63, 3.8) is 0 Å². The zero-order valence-electron chi connectivity index (χ0n) is 17.4. The molecular weight excluding hydrogens is 456 g/mol. The molecule has 0 fully saturated rings. The second kappa shape index (κ2) is 9.11. The molecule has 9 heteroatoms. The number of fused-ring (bicyclic) bond motifs is 1. The minimum absolute atomic E-state index is 0.400. The van der Waals surface area contributed by atoms with Gasteiger partial charge in [0.1, 0.15) is 22.3 Å². The Bertz CT molecular complexity index is 1470. The van der Waals surface area contributed by atoms with Crippen LogP contribution >= 0.6 is 11.6 Å². The Hall–Kier alpha value is -3.59. The van der Waals surface area contributed by atoms with Gasteiger partial charge in [0, 0.05) is 24.6 Å². The second-order valence-corrected chi connectivity index (χ2v) is 8.91. The van der Waals surface area contributed by atoms with Crippen LogP contribution in [0.15, 0.2) is 90.1 Å². The van der Waals surface area contributed by atoms with Crippen molar-refractivity contribution in [2.75, 3.05) is 5.73 Å². The maximum atomic E-state index is 12.5. The summed E-state index contributed by atoms with van der Waals surface area (Å²) < 4.78 is 17.5. The summed E-state index contributed by atoms with van der Waals surface area (Å²) in [4.78, 5) is 14.1. The molecule has 3 aromatic heterocycles. The van der Waals surface area contributed by atoms with Gasteiger partial charge in [0.2, 0.25) is 0 Å². The van der Waals surface area contributed by atoms with Gasteiger partial charge in [-0.3, -0.25) is 4.57 Å². The number of hydrogen-bond acceptors (Lipinski definition) is 5. The number of nitrogens with one attached hydrogen (secondary N) is 1. The third-order valence-corrected chi connectivity index (χ3v) is 6.74. The molecule has 7 nitrogen and oxygen atoms in total. The van der Waals surface area contributed by atoms with Crippen LogP contribution in [0.25, 0.3) is 28.2 Å². The number of nitrogens with two attached hydrogens (primary N) is 1. The van der Waals surface area contributed by atoms with Crippen LogP contribution in [-0.2, 0) is 17.5 Å². The largest absolute Gasteiger partial charge is 0.383 e. The molecule has 0 aliphatic carbocycles. The van der Waals surface area contributed by atoms with Crippen molar-refractivity contribution in [3.8, 4) is 17.1 Å². The van der Waals surface area contributed by atoms with Crippen molar-refractivity contribution in [1.29, 1.82) is 0 Å². The number of halogens is 1. The first-order valence-corrected chi connectivity index (χ1v) is 11.7. The average Bonchev–Trinajstić information content (AvgIpc) is 3.23. The fraction of sp³-hybridized carbons (Fsp3) is 0.0417. The Labute approximate surface area is 197 Å². The van der Waals surface area contributed by atoms with Crippen LogP contribution in [0, 0.1) is 0 Å². The van der Waals surface area contributed by atoms with Crippen LogP contribution < -0.4 is 10.5 Å². The number of nitrogen functional groups attached to an aromatic ring is 1. The Morgan fingerprint density at radius 1 is 0.939 bits per heavy atom. The second-order valence-electron chi connectivity index (χ2n) is 7.24. The molecule has 0 aliphatic rings. The molecule has 1 unspecified atom stereocenters. The number of hydrogen-bond donors (Lipinski definition) is 2. The zero-order chi connectivity index (χ0) is 22.8. The molecule has 33 heavy (non-hydrogen) atoms. The van der Waals surface area contributed by atoms with Gasteiger partial charge in [-0.1, -0.05) is 35.9 Å². The number of imidazole rings is 1. The summed E-state index contributed by atoms with van der Waals surface area (Å²) in [6.45, 7) is 0.420. The highest BCUT2D eigenvalue weighted by molar-refractivity contribution is 7.83. The average molecular weight is 475 g/mol. The number of aromatic nitrogens is 4. The number of benzene rings is 2. The molecule has 0 bridgehead atoms. The van der Waals surface area contributed by atoms with Gasteiger partial charge in [-0.05, 0) is 54.1 Å². The predicted octanol–water partition coefficient (Wildman–Crippen LogP) is 4.53. The monoisotopic (exact) mass is 474 g/mol. The minimum Gasteiger partial charge on any atom is -0.383 e. The fourth-order valence-electron chi connectivity index (χ4n) is 3.53. The lowest BCUT2D eigenvalue weighted by molar-refractivity contribution is 0.672. The third-order valence-electron chi connectivity index (χ3n) is 5.13. The van der Waals surface area contributed by atoms with E-state index in [1.807, 2.05) is 65.2 Å². The first-order chi connectivity index (χ1) is 16.1. The van der Waals surface area contributed by atoms with Crippen LogP contribution in [0.4, 0.5) is 5.82 Å². The summed E-state index contributed by atoms with van der Waals surface area (Å²) in [6.07, 6.45) is 3.39. The summed E-state index contributed by atoms with van der Waals surface area (Å²) in [6, 6.07) is 22.5. The topological polar surface area (TPSA) is 98.7 Å². The summed E-state index contributed by atoms with van der Waals surface area (Å²) >= 11 is 6.14. The maximum absolute atomic E-state index is 12.5. The van der Waals surface area contributed by atoms with Crippen molar-refractivity contribution in [2.45, 2.75) is 11.4 Å². The van der Waals surface area contributed by atoms with Gasteiger partial charge in [0.25, 0.3) is 0 Å². The first kappa shape index (κ1) is 21.3. The van der Waals surface area contributed by atoms with E-state index in [0.717, 1.165) is 28.0 Å². The van der Waals surface area contributed by atoms with Crippen LogP contribution in [0.1, 0.15) is 5.56 Å². The van der Waals surface area contributed by atoms with E-state index in [0.29, 0.717) is 28.1 Å². The highest BCUT2D eigenvalue weighted by Crippen LogP contribution is 2.30. The molecule has 0 aliphatic heterocycles. The Morgan fingerprint density at radius 3 is 2.48 bits per heavy atom. The predicted molar refractivity (Wildman–Crippen MR) is 131 cm³/mol. The quantitative estimate of drug-likeness (QED) is 0.376. The molecule has 1 atom stereocenters. The van der Waals surface area contributed by atoms with Gasteiger partial charge in [-0.15, -0.1) is 0 Å². The minimum atomic E-state index is -1.41. The van der Waals surface area contributed by atoms with E-state index >= 15 is 0 Å². The van der Waals surface area contributed by atoms with Gasteiger partial charge in [0.15, 0.2) is 11.5 Å². The summed E-state index contributed by atoms with van der Waals surface area (Å²) in [7, 11) is -1.41. The molecule has 5 aromatic rings. The van der Waals surface area contributed by atoms with E-state index in [2.05, 4.69) is 14.7 Å². The van der Waals surface area contributed by atoms with Gasteiger partial charge >= 0.3 is 0 Å². The smallest absolute Gasteiger partial charge is 0.164 e. The number of pyridine rings is 2. The lowest BCUT2D eigenvalue weighted by Gasteiger charge is -2.11. The molecule has 3 heterocycles. The molecular formula is C24H19ClN6OS. The molecule has 2 aromatic carbocycles. The first-order valence-electron chi connectivity index (χ1n) is 10.2. The lowest BCUT2D eigenvalue weighted by Crippen LogP contribution is -2.17. The summed E-state index contributed by atoms with van der Waals surface area (Å²) in [5.74, 6) is 1.07. The molecule has 0 amide bonds. The van der Waals surface area contributed by atoms with Crippen LogP contribution in [0.3, 0.4) is 0 Å². The van der Waals surface area contributed by atoms with Crippen LogP contribution in [-0.4, -0.2) is 23.7 Å². The third kappa shape index (κ3) is 4.23. The Kier molecular flexibility index (Phi) is 5.87. The highest BCUT2D eigenvalue weighted by atomic mass is 35.5. The van der Waals surface area contributed by atoms with Crippen molar-refractivity contribution in [2.24, 2.45) is 0 Å². The van der Waals surface area contributed by atoms with E-state index in [9.17, 15) is 4.21 Å². The standard InChI is InChI=1S/C24H19ClN6OS/c25-19-6-1-2-8-21(19)33(32)29-15-16-9-11-17(12-10-16)31-23(18-5-3-13-27-22(18)26)30-20-7-4-14-28-24(20)31/h1-14,29H,15H2,(H2,26,27). The number of rotatable bonds is 6. The molecule has 0 spiro atoms. The van der Waals surface area contributed by atoms with Gasteiger partial charge in [0.05, 0.1) is 15.5 Å². The van der Waals surface area contributed by atoms with Crippen molar-refractivity contribution in [1.82, 2.24) is 24.2 Å². The van der Waals surface area contributed by atoms with E-state index in [1.54, 1.807) is 24.5 Å². The number of nitrogens with zero attached hydrogens (tertiary/aromatic N) is 4. The molecule has 164 valence electrons. The molecule has 0 saturated heterocycles. The van der Waals surface area contributed by atoms with Crippen LogP contribution in [0.5, 0.6) is 0 Å². The molecule has 3 N–H and O–H groups in total. The normalized spacial score (nSPS) is 12.2. The zero-order valence-corrected chi connectivity index (χ0v) is 18.9. The van der Waals surface area contributed by atoms with Crippen molar-refractivity contribution >= 4 is 39.6 Å². The van der Waals surface area contributed by atoms with Gasteiger partial charge in [-0.2, -0.15) is 0 Å². The summed E-state index contributed by atoms with van der Waals surface area (Å²) in [5.41, 5.74) is 10.2. The Balaban J connectivity index is 1.45. The molecule has 5 rings (SSSR count). The van der Waals surface area contributed by atoms with E-state index < -0.39 is 11.0 Å². The fourth-order valence-corrected chi connectivity index (χ4v) is 4.78. The summed E-state index contributed by atoms with van der Waals surface area (Å²) in [5, 5.41) is 0.473. The van der Waals surface area contributed by atoms with Gasteiger partial charge < -0.3 is 5.73 Å². The van der Waals surface area contributed by atoms with Gasteiger partial charge in [-0.25, -0.2) is 23.9 Å². The highest BCUT2D eigenvalue weighted by Gasteiger charge is 2.17. The Morgan fingerprint density at radius 2 is 1.70 bits per heavy atom. The molecule has 0 radical (unpaired) electrons. The maximum Gasteiger partial charge on any atom is 0.164 e. The van der Waals surface area contributed by atoms with E-state index in [4.69, 9.17) is 22.3 Å². The lowest BCUT2D eigenvalue weighted by atomic mass is 10.2. The SMILES string of the molecule is Nc1ncccc1-c1nc2cccnc2n1-c1ccc(CNS(=O)c2ccccc2Cl)cc1. The molecule has 0 saturated carbocycles. The van der Waals surface area contributed by atoms with E-state index in [1.165, 1.54) is 0 Å². The van der Waals surface area contributed by atoms with Crippen molar-refractivity contribution in [3.05, 3.63) is 95.8 Å². The van der Waals surface area contributed by atoms with Crippen molar-refractivity contribution < 1.29 is 4.21 Å². The van der Waals surface area contributed by atoms with Crippen LogP contribution in [0.2, 0.25) is 5.02 Å².